The molecule has 3 aromatic rings. The summed E-state index contributed by atoms with van der Waals surface area (Å²) in [6, 6.07) is 9.57. The minimum absolute atomic E-state index is 0.0314. The van der Waals surface area contributed by atoms with Gasteiger partial charge >= 0.3 is 0 Å². The molecule has 0 fully saturated rings. The number of methoxy groups -OCH3 is 1. The maximum absolute atomic E-state index is 6.01. The summed E-state index contributed by atoms with van der Waals surface area (Å²) in [6.07, 6.45) is 0. The molecule has 0 amide bonds. The van der Waals surface area contributed by atoms with Crippen molar-refractivity contribution in [3.8, 4) is 5.75 Å². The Bertz CT molecular complexity index is 734. The quantitative estimate of drug-likeness (QED) is 0.772. The highest BCUT2D eigenvalue weighted by atomic mass is 35.5. The molecule has 1 atom stereocenters. The molecule has 0 saturated carbocycles. The van der Waals surface area contributed by atoms with Crippen molar-refractivity contribution in [1.82, 2.24) is 5.32 Å². The first-order chi connectivity index (χ1) is 9.72. The Hall–Kier alpha value is -1.49. The van der Waals surface area contributed by atoms with E-state index < -0.39 is 0 Å². The molecule has 0 aliphatic rings. The van der Waals surface area contributed by atoms with Gasteiger partial charge in [0, 0.05) is 10.4 Å². The molecule has 2 aromatic heterocycles. The summed E-state index contributed by atoms with van der Waals surface area (Å²) in [6.45, 7) is 0. The van der Waals surface area contributed by atoms with Gasteiger partial charge in [-0.3, -0.25) is 0 Å². The second kappa shape index (κ2) is 5.48. The Morgan fingerprint density at radius 1 is 1.30 bits per heavy atom. The van der Waals surface area contributed by atoms with E-state index in [-0.39, 0.29) is 6.04 Å². The Morgan fingerprint density at radius 2 is 2.15 bits per heavy atom. The van der Waals surface area contributed by atoms with E-state index in [2.05, 4.69) is 5.32 Å². The number of halogens is 1. The molecule has 0 radical (unpaired) electrons. The van der Waals surface area contributed by atoms with Crippen LogP contribution in [0.1, 0.15) is 16.7 Å². The van der Waals surface area contributed by atoms with Crippen molar-refractivity contribution in [2.45, 2.75) is 6.04 Å². The normalized spacial score (nSPS) is 12.8. The number of nitrogens with one attached hydrogen (secondary N) is 1. The molecule has 0 saturated heterocycles. The van der Waals surface area contributed by atoms with Crippen LogP contribution in [0.5, 0.6) is 5.75 Å². The van der Waals surface area contributed by atoms with Gasteiger partial charge in [0.25, 0.3) is 0 Å². The van der Waals surface area contributed by atoms with Crippen LogP contribution in [0.4, 0.5) is 0 Å². The van der Waals surface area contributed by atoms with Gasteiger partial charge in [0.2, 0.25) is 0 Å². The molecule has 2 heterocycles. The van der Waals surface area contributed by atoms with Gasteiger partial charge in [-0.25, -0.2) is 0 Å². The first kappa shape index (κ1) is 13.5. The minimum atomic E-state index is -0.0314. The first-order valence-electron chi connectivity index (χ1n) is 6.20. The zero-order valence-electron chi connectivity index (χ0n) is 11.1. The molecule has 20 heavy (non-hydrogen) atoms. The van der Waals surface area contributed by atoms with Gasteiger partial charge in [0.05, 0.1) is 12.0 Å². The highest BCUT2D eigenvalue weighted by Crippen LogP contribution is 2.36. The summed E-state index contributed by atoms with van der Waals surface area (Å²) >= 11 is 7.65. The number of hydrogen-bond acceptors (Lipinski definition) is 4. The van der Waals surface area contributed by atoms with Crippen LogP contribution in [0.2, 0.25) is 5.02 Å². The number of benzene rings is 1. The van der Waals surface area contributed by atoms with Gasteiger partial charge in [-0.1, -0.05) is 11.6 Å². The lowest BCUT2D eigenvalue weighted by atomic mass is 10.1. The highest BCUT2D eigenvalue weighted by molar-refractivity contribution is 7.10. The van der Waals surface area contributed by atoms with Crippen molar-refractivity contribution < 1.29 is 9.15 Å². The van der Waals surface area contributed by atoms with Crippen LogP contribution in [0.3, 0.4) is 0 Å². The second-order valence-corrected chi connectivity index (χ2v) is 5.79. The predicted molar refractivity (Wildman–Crippen MR) is 83.0 cm³/mol. The molecule has 3 rings (SSSR count). The van der Waals surface area contributed by atoms with Crippen molar-refractivity contribution in [3.63, 3.8) is 0 Å². The molecule has 104 valence electrons. The highest BCUT2D eigenvalue weighted by Gasteiger charge is 2.21. The average molecular weight is 308 g/mol. The van der Waals surface area contributed by atoms with Gasteiger partial charge in [-0.05, 0) is 42.8 Å². The van der Waals surface area contributed by atoms with Crippen molar-refractivity contribution in [1.29, 1.82) is 0 Å². The van der Waals surface area contributed by atoms with Gasteiger partial charge in [0.1, 0.15) is 23.1 Å². The summed E-state index contributed by atoms with van der Waals surface area (Å²) in [5, 5.41) is 7.00. The molecule has 0 aliphatic heterocycles. The van der Waals surface area contributed by atoms with Crippen LogP contribution in [0.15, 0.2) is 40.1 Å². The minimum Gasteiger partial charge on any atom is -0.496 e. The zero-order chi connectivity index (χ0) is 14.1. The van der Waals surface area contributed by atoms with Gasteiger partial charge in [-0.2, -0.15) is 0 Å². The summed E-state index contributed by atoms with van der Waals surface area (Å²) in [5.74, 6) is 1.72. The van der Waals surface area contributed by atoms with Crippen LogP contribution in [0.25, 0.3) is 11.0 Å². The van der Waals surface area contributed by atoms with E-state index in [0.29, 0.717) is 5.02 Å². The molecule has 3 nitrogen and oxygen atoms in total. The van der Waals surface area contributed by atoms with Crippen LogP contribution in [0, 0.1) is 0 Å². The number of hydrogen-bond donors (Lipinski definition) is 1. The van der Waals surface area contributed by atoms with Gasteiger partial charge in [0.15, 0.2) is 0 Å². The van der Waals surface area contributed by atoms with Crippen molar-refractivity contribution in [3.05, 3.63) is 51.4 Å². The van der Waals surface area contributed by atoms with Crippen LogP contribution < -0.4 is 10.1 Å². The summed E-state index contributed by atoms with van der Waals surface area (Å²) in [4.78, 5) is 1.10. The Balaban J connectivity index is 2.07. The lowest BCUT2D eigenvalue weighted by molar-refractivity contribution is 0.403. The molecule has 0 bridgehead atoms. The van der Waals surface area contributed by atoms with E-state index >= 15 is 0 Å². The molecule has 1 aromatic carbocycles. The number of furan rings is 1. The fourth-order valence-corrected chi connectivity index (χ4v) is 3.42. The lowest BCUT2D eigenvalue weighted by Crippen LogP contribution is -2.16. The third-order valence-electron chi connectivity index (χ3n) is 3.21. The van der Waals surface area contributed by atoms with Crippen LogP contribution >= 0.6 is 22.9 Å². The standard InChI is InChI=1S/C15H14ClNO2S/c1-17-14(15-12(18-2)5-6-20-15)13-8-9-7-10(16)3-4-11(9)19-13/h3-8,14,17H,1-2H3. The zero-order valence-corrected chi connectivity index (χ0v) is 12.7. The molecule has 1 N–H and O–H groups in total. The molecule has 5 heteroatoms. The van der Waals surface area contributed by atoms with E-state index in [1.54, 1.807) is 18.4 Å². The number of fused-ring (bicyclic) bond motifs is 1. The molecule has 0 spiro atoms. The Kier molecular flexibility index (Phi) is 3.70. The fourth-order valence-electron chi connectivity index (χ4n) is 2.27. The van der Waals surface area contributed by atoms with E-state index in [1.807, 2.05) is 42.8 Å². The van der Waals surface area contributed by atoms with Crippen molar-refractivity contribution >= 4 is 33.9 Å². The van der Waals surface area contributed by atoms with E-state index in [0.717, 1.165) is 27.4 Å². The van der Waals surface area contributed by atoms with Crippen LogP contribution in [-0.4, -0.2) is 14.2 Å². The fraction of sp³-hybridized carbons (Fsp3) is 0.200. The monoisotopic (exact) mass is 307 g/mol. The third kappa shape index (κ3) is 2.30. The van der Waals surface area contributed by atoms with Gasteiger partial charge in [-0.15, -0.1) is 11.3 Å². The Morgan fingerprint density at radius 3 is 2.90 bits per heavy atom. The number of rotatable bonds is 4. The van der Waals surface area contributed by atoms with E-state index in [1.165, 1.54) is 0 Å². The van der Waals surface area contributed by atoms with E-state index in [4.69, 9.17) is 20.8 Å². The molecular formula is C15H14ClNO2S. The maximum atomic E-state index is 6.01. The second-order valence-electron chi connectivity index (χ2n) is 4.41. The molecular weight excluding hydrogens is 294 g/mol. The number of thiophene rings is 1. The summed E-state index contributed by atoms with van der Waals surface area (Å²) < 4.78 is 11.3. The summed E-state index contributed by atoms with van der Waals surface area (Å²) in [7, 11) is 3.58. The largest absolute Gasteiger partial charge is 0.496 e. The maximum Gasteiger partial charge on any atom is 0.134 e. The van der Waals surface area contributed by atoms with Gasteiger partial charge < -0.3 is 14.5 Å². The number of ether oxygens (including phenoxy) is 1. The topological polar surface area (TPSA) is 34.4 Å². The average Bonchev–Trinajstić information content (AvgIpc) is 3.05. The van der Waals surface area contributed by atoms with E-state index in [9.17, 15) is 0 Å². The SMILES string of the molecule is CNC(c1cc2cc(Cl)ccc2o1)c1sccc1OC. The smallest absolute Gasteiger partial charge is 0.134 e. The Labute approximate surface area is 126 Å². The first-order valence-corrected chi connectivity index (χ1v) is 7.46. The molecule has 0 aliphatic carbocycles. The lowest BCUT2D eigenvalue weighted by Gasteiger charge is -2.13. The van der Waals surface area contributed by atoms with Crippen molar-refractivity contribution in [2.75, 3.05) is 14.2 Å². The van der Waals surface area contributed by atoms with Crippen LogP contribution in [-0.2, 0) is 0 Å². The predicted octanol–water partition coefficient (Wildman–Crippen LogP) is 4.47. The van der Waals surface area contributed by atoms with Crippen molar-refractivity contribution in [2.24, 2.45) is 0 Å². The molecule has 1 unspecified atom stereocenters. The summed E-state index contributed by atoms with van der Waals surface area (Å²) in [5.41, 5.74) is 0.833. The third-order valence-corrected chi connectivity index (χ3v) is 4.41.